The van der Waals surface area contributed by atoms with E-state index in [1.54, 1.807) is 30.3 Å². The number of carbonyl (C=O) groups excluding carboxylic acids is 1. The number of hydrogen-bond acceptors (Lipinski definition) is 4. The molecule has 0 spiro atoms. The number of halogens is 2. The molecule has 2 aromatic rings. The van der Waals surface area contributed by atoms with Crippen LogP contribution in [-0.2, 0) is 0 Å². The van der Waals surface area contributed by atoms with Crippen LogP contribution in [0.15, 0.2) is 45.3 Å². The van der Waals surface area contributed by atoms with Crippen LogP contribution < -0.4 is 4.74 Å². The molecule has 0 amide bonds. The van der Waals surface area contributed by atoms with Gasteiger partial charge in [0.1, 0.15) is 5.75 Å². The van der Waals surface area contributed by atoms with Crippen molar-refractivity contribution in [3.05, 3.63) is 61.0 Å². The Morgan fingerprint density at radius 2 is 1.95 bits per heavy atom. The van der Waals surface area contributed by atoms with Gasteiger partial charge in [-0.1, -0.05) is 22.0 Å². The second kappa shape index (κ2) is 6.36. The average Bonchev–Trinajstić information content (AvgIpc) is 2.42. The topological polar surface area (TPSA) is 69.4 Å². The van der Waals surface area contributed by atoms with Crippen LogP contribution in [0.4, 0.5) is 5.69 Å². The van der Waals surface area contributed by atoms with Crippen LogP contribution in [0.1, 0.15) is 17.3 Å². The Kier molecular flexibility index (Phi) is 4.74. The summed E-state index contributed by atoms with van der Waals surface area (Å²) in [5.74, 6) is 0.133. The number of carbonyl (C=O) groups is 1. The summed E-state index contributed by atoms with van der Waals surface area (Å²) >= 11 is 6.50. The minimum atomic E-state index is -0.535. The molecule has 0 bridgehead atoms. The first-order valence-electron chi connectivity index (χ1n) is 5.81. The normalized spacial score (nSPS) is 10.2. The van der Waals surface area contributed by atoms with Crippen LogP contribution in [0.2, 0.25) is 0 Å². The first-order chi connectivity index (χ1) is 9.90. The fourth-order valence-electron chi connectivity index (χ4n) is 1.72. The molecule has 0 N–H and O–H groups in total. The number of rotatable bonds is 4. The molecule has 0 saturated heterocycles. The van der Waals surface area contributed by atoms with Gasteiger partial charge in [0.15, 0.2) is 5.78 Å². The van der Waals surface area contributed by atoms with E-state index in [-0.39, 0.29) is 23.0 Å². The molecule has 5 nitrogen and oxygen atoms in total. The van der Waals surface area contributed by atoms with Gasteiger partial charge in [0.05, 0.1) is 15.0 Å². The predicted molar refractivity (Wildman–Crippen MR) is 85.0 cm³/mol. The van der Waals surface area contributed by atoms with E-state index >= 15 is 0 Å². The van der Waals surface area contributed by atoms with Crippen LogP contribution in [0.5, 0.6) is 11.5 Å². The summed E-state index contributed by atoms with van der Waals surface area (Å²) in [4.78, 5) is 22.2. The molecule has 0 fully saturated rings. The van der Waals surface area contributed by atoms with Crippen LogP contribution >= 0.6 is 31.9 Å². The maximum atomic E-state index is 11.7. The van der Waals surface area contributed by atoms with E-state index in [9.17, 15) is 14.9 Å². The minimum absolute atomic E-state index is 0.0623. The molecular weight excluding hydrogens is 406 g/mol. The van der Waals surface area contributed by atoms with Crippen molar-refractivity contribution in [1.82, 2.24) is 0 Å². The van der Waals surface area contributed by atoms with Gasteiger partial charge in [-0.25, -0.2) is 0 Å². The highest BCUT2D eigenvalue weighted by atomic mass is 79.9. The number of hydrogen-bond donors (Lipinski definition) is 0. The Bertz CT molecular complexity index is 731. The zero-order chi connectivity index (χ0) is 15.6. The number of nitrogens with zero attached hydrogens (tertiary/aromatic N) is 1. The number of ketones is 1. The average molecular weight is 415 g/mol. The molecule has 108 valence electrons. The number of ether oxygens (including phenoxy) is 1. The lowest BCUT2D eigenvalue weighted by Gasteiger charge is -2.11. The van der Waals surface area contributed by atoms with Crippen molar-refractivity contribution in [2.75, 3.05) is 0 Å². The van der Waals surface area contributed by atoms with Gasteiger partial charge in [-0.05, 0) is 47.1 Å². The molecule has 7 heteroatoms. The first-order valence-corrected chi connectivity index (χ1v) is 7.40. The summed E-state index contributed by atoms with van der Waals surface area (Å²) in [6, 6.07) is 9.42. The summed E-state index contributed by atoms with van der Waals surface area (Å²) in [5, 5.41) is 11.1. The SMILES string of the molecule is CC(=O)c1cc(Br)ccc1Oc1c(Br)cccc1[N+](=O)[O-]. The monoisotopic (exact) mass is 413 g/mol. The third kappa shape index (κ3) is 3.48. The van der Waals surface area contributed by atoms with Crippen molar-refractivity contribution < 1.29 is 14.5 Å². The molecule has 0 aliphatic carbocycles. The summed E-state index contributed by atoms with van der Waals surface area (Å²) in [6.45, 7) is 1.41. The molecule has 0 unspecified atom stereocenters. The van der Waals surface area contributed by atoms with E-state index in [0.717, 1.165) is 4.47 Å². The number of nitro benzene ring substituents is 1. The zero-order valence-corrected chi connectivity index (χ0v) is 14.0. The Labute approximate surface area is 137 Å². The van der Waals surface area contributed by atoms with Crippen molar-refractivity contribution in [2.24, 2.45) is 0 Å². The maximum Gasteiger partial charge on any atom is 0.312 e. The van der Waals surface area contributed by atoms with Gasteiger partial charge in [0.25, 0.3) is 0 Å². The second-order valence-electron chi connectivity index (χ2n) is 4.14. The van der Waals surface area contributed by atoms with Gasteiger partial charge in [0.2, 0.25) is 5.75 Å². The molecule has 0 aliphatic rings. The van der Waals surface area contributed by atoms with E-state index in [2.05, 4.69) is 31.9 Å². The predicted octanol–water partition coefficient (Wildman–Crippen LogP) is 5.11. The number of Topliss-reactive ketones (excluding diaryl/α,β-unsaturated/α-hetero) is 1. The van der Waals surface area contributed by atoms with Crippen LogP contribution in [0.25, 0.3) is 0 Å². The number of para-hydroxylation sites is 1. The van der Waals surface area contributed by atoms with Crippen molar-refractivity contribution >= 4 is 43.3 Å². The molecule has 0 aliphatic heterocycles. The Hall–Kier alpha value is -1.73. The fourth-order valence-corrected chi connectivity index (χ4v) is 2.52. The van der Waals surface area contributed by atoms with Crippen molar-refractivity contribution in [3.8, 4) is 11.5 Å². The first kappa shape index (κ1) is 15.7. The lowest BCUT2D eigenvalue weighted by atomic mass is 10.1. The van der Waals surface area contributed by atoms with Crippen LogP contribution in [-0.4, -0.2) is 10.7 Å². The van der Waals surface area contributed by atoms with E-state index in [1.807, 2.05) is 0 Å². The highest BCUT2D eigenvalue weighted by molar-refractivity contribution is 9.10. The third-order valence-corrected chi connectivity index (χ3v) is 3.79. The van der Waals surface area contributed by atoms with E-state index in [4.69, 9.17) is 4.74 Å². The van der Waals surface area contributed by atoms with E-state index < -0.39 is 4.92 Å². The summed E-state index contributed by atoms with van der Waals surface area (Å²) < 4.78 is 6.78. The van der Waals surface area contributed by atoms with Gasteiger partial charge in [-0.15, -0.1) is 0 Å². The Balaban J connectivity index is 2.53. The van der Waals surface area contributed by atoms with Gasteiger partial charge in [-0.2, -0.15) is 0 Å². The van der Waals surface area contributed by atoms with Crippen molar-refractivity contribution in [3.63, 3.8) is 0 Å². The van der Waals surface area contributed by atoms with Gasteiger partial charge in [0, 0.05) is 10.5 Å². The number of nitro groups is 1. The van der Waals surface area contributed by atoms with Crippen molar-refractivity contribution in [2.45, 2.75) is 6.92 Å². The summed E-state index contributed by atoms with van der Waals surface area (Å²) in [7, 11) is 0. The largest absolute Gasteiger partial charge is 0.448 e. The van der Waals surface area contributed by atoms with E-state index in [1.165, 1.54) is 13.0 Å². The Morgan fingerprint density at radius 3 is 2.57 bits per heavy atom. The Morgan fingerprint density at radius 1 is 1.24 bits per heavy atom. The van der Waals surface area contributed by atoms with Crippen LogP contribution in [0, 0.1) is 10.1 Å². The number of benzene rings is 2. The van der Waals surface area contributed by atoms with Crippen LogP contribution in [0.3, 0.4) is 0 Å². The zero-order valence-electron chi connectivity index (χ0n) is 10.8. The molecule has 0 aromatic heterocycles. The van der Waals surface area contributed by atoms with Gasteiger partial charge < -0.3 is 4.74 Å². The van der Waals surface area contributed by atoms with Gasteiger partial charge >= 0.3 is 5.69 Å². The maximum absolute atomic E-state index is 11.7. The lowest BCUT2D eigenvalue weighted by molar-refractivity contribution is -0.385. The molecule has 2 aromatic carbocycles. The van der Waals surface area contributed by atoms with E-state index in [0.29, 0.717) is 10.0 Å². The standard InChI is InChI=1S/C14H9Br2NO4/c1-8(18)10-7-9(15)5-6-13(10)21-14-11(16)3-2-4-12(14)17(19)20/h2-7H,1H3. The minimum Gasteiger partial charge on any atom is -0.448 e. The molecule has 0 heterocycles. The summed E-state index contributed by atoms with van der Waals surface area (Å²) in [6.07, 6.45) is 0. The highest BCUT2D eigenvalue weighted by Gasteiger charge is 2.20. The highest BCUT2D eigenvalue weighted by Crippen LogP contribution is 2.39. The second-order valence-corrected chi connectivity index (χ2v) is 5.91. The summed E-state index contributed by atoms with van der Waals surface area (Å²) in [5.41, 5.74) is 0.163. The fraction of sp³-hybridized carbons (Fsp3) is 0.0714. The quantitative estimate of drug-likeness (QED) is 0.395. The molecule has 21 heavy (non-hydrogen) atoms. The molecular formula is C14H9Br2NO4. The third-order valence-electron chi connectivity index (χ3n) is 2.68. The molecule has 0 radical (unpaired) electrons. The lowest BCUT2D eigenvalue weighted by Crippen LogP contribution is -1.99. The van der Waals surface area contributed by atoms with Gasteiger partial charge in [-0.3, -0.25) is 14.9 Å². The van der Waals surface area contributed by atoms with Crippen molar-refractivity contribution in [1.29, 1.82) is 0 Å². The molecule has 0 saturated carbocycles. The smallest absolute Gasteiger partial charge is 0.312 e. The molecule has 0 atom stereocenters. The molecule has 2 rings (SSSR count).